The van der Waals surface area contributed by atoms with E-state index in [1.54, 1.807) is 6.92 Å². The third kappa shape index (κ3) is 3.22. The van der Waals surface area contributed by atoms with Crippen molar-refractivity contribution < 1.29 is 14.3 Å². The van der Waals surface area contributed by atoms with Gasteiger partial charge in [-0.3, -0.25) is 15.0 Å². The highest BCUT2D eigenvalue weighted by molar-refractivity contribution is 6.10. The molecule has 1 unspecified atom stereocenters. The fraction of sp³-hybridized carbons (Fsp3) is 0.130. The highest BCUT2D eigenvalue weighted by Gasteiger charge is 2.50. The summed E-state index contributed by atoms with van der Waals surface area (Å²) in [5, 5.41) is 1.43. The van der Waals surface area contributed by atoms with Gasteiger partial charge in [0.2, 0.25) is 5.91 Å². The van der Waals surface area contributed by atoms with Crippen molar-refractivity contribution in [3.63, 3.8) is 0 Å². The molecule has 1 aliphatic heterocycles. The number of para-hydroxylation sites is 2. The number of carbonyl (C=O) groups excluding carboxylic acids is 2. The average Bonchev–Trinajstić information content (AvgIpc) is 2.94. The molecular weight excluding hydrogens is 352 g/mol. The normalized spacial score (nSPS) is 19.0. The molecule has 0 aliphatic carbocycles. The Morgan fingerprint density at radius 3 is 2.04 bits per heavy atom. The maximum atomic E-state index is 12.7. The molecule has 28 heavy (non-hydrogen) atoms. The lowest BCUT2D eigenvalue weighted by Crippen LogP contribution is -2.47. The third-order valence-corrected chi connectivity index (χ3v) is 4.96. The first-order chi connectivity index (χ1) is 13.6. The van der Waals surface area contributed by atoms with Gasteiger partial charge in [0.15, 0.2) is 5.78 Å². The zero-order valence-electron chi connectivity index (χ0n) is 15.5. The molecule has 3 aromatic carbocycles. The van der Waals surface area contributed by atoms with Gasteiger partial charge in [0, 0.05) is 0 Å². The van der Waals surface area contributed by atoms with E-state index in [1.807, 2.05) is 84.9 Å². The van der Waals surface area contributed by atoms with Gasteiger partial charge in [0.05, 0.1) is 12.1 Å². The van der Waals surface area contributed by atoms with Gasteiger partial charge in [-0.25, -0.2) is 5.01 Å². The van der Waals surface area contributed by atoms with Crippen molar-refractivity contribution in [2.75, 3.05) is 5.43 Å². The van der Waals surface area contributed by atoms with Gasteiger partial charge in [0.25, 0.3) is 0 Å². The lowest BCUT2D eigenvalue weighted by Gasteiger charge is -2.34. The molecule has 1 atom stereocenters. The summed E-state index contributed by atoms with van der Waals surface area (Å²) in [6.07, 6.45) is -0.126. The Kier molecular flexibility index (Phi) is 4.57. The summed E-state index contributed by atoms with van der Waals surface area (Å²) in [6.45, 7) is 1.77. The topological polar surface area (TPSA) is 58.6 Å². The van der Waals surface area contributed by atoms with Gasteiger partial charge in [-0.2, -0.15) is 0 Å². The first-order valence-electron chi connectivity index (χ1n) is 9.09. The highest BCUT2D eigenvalue weighted by atomic mass is 16.5. The molecule has 1 N–H and O–H groups in total. The number of nitrogens with zero attached hydrogens (tertiary/aromatic N) is 1. The first kappa shape index (κ1) is 17.8. The summed E-state index contributed by atoms with van der Waals surface area (Å²) < 4.78 is 5.82. The second-order valence-corrected chi connectivity index (χ2v) is 6.82. The van der Waals surface area contributed by atoms with Crippen LogP contribution in [-0.2, 0) is 15.1 Å². The lowest BCUT2D eigenvalue weighted by molar-refractivity contribution is -0.130. The van der Waals surface area contributed by atoms with E-state index in [-0.39, 0.29) is 18.1 Å². The molecule has 0 spiro atoms. The summed E-state index contributed by atoms with van der Waals surface area (Å²) in [5.41, 5.74) is 3.49. The molecule has 1 aliphatic rings. The van der Waals surface area contributed by atoms with E-state index < -0.39 is 5.54 Å². The Bertz CT molecular complexity index is 987. The molecular formula is C23H20N2O3. The predicted molar refractivity (Wildman–Crippen MR) is 107 cm³/mol. The van der Waals surface area contributed by atoms with E-state index in [9.17, 15) is 9.59 Å². The molecule has 0 aromatic heterocycles. The molecule has 1 amide bonds. The molecule has 3 aromatic rings. The summed E-state index contributed by atoms with van der Waals surface area (Å²) in [7, 11) is 0. The van der Waals surface area contributed by atoms with E-state index in [0.717, 1.165) is 17.0 Å². The number of nitrogens with one attached hydrogen (secondary N) is 1. The number of hydrazine groups is 1. The largest absolute Gasteiger partial charge is 0.457 e. The zero-order valence-corrected chi connectivity index (χ0v) is 15.5. The number of benzene rings is 3. The van der Waals surface area contributed by atoms with Gasteiger partial charge >= 0.3 is 0 Å². The molecule has 0 radical (unpaired) electrons. The molecule has 1 saturated heterocycles. The molecule has 1 fully saturated rings. The van der Waals surface area contributed by atoms with Crippen LogP contribution in [0.3, 0.4) is 0 Å². The lowest BCUT2D eigenvalue weighted by atomic mass is 9.89. The molecule has 4 rings (SSSR count). The van der Waals surface area contributed by atoms with Gasteiger partial charge in [-0.05, 0) is 48.9 Å². The van der Waals surface area contributed by atoms with E-state index in [1.165, 1.54) is 5.01 Å². The van der Waals surface area contributed by atoms with Crippen LogP contribution in [0.15, 0.2) is 84.9 Å². The SMILES string of the molecule is CC1(c2ccc(Oc3ccccc3)cc2)C(=O)CC(=O)N1Nc1ccccc1. The highest BCUT2D eigenvalue weighted by Crippen LogP contribution is 2.37. The van der Waals surface area contributed by atoms with Crippen LogP contribution >= 0.6 is 0 Å². The Hall–Kier alpha value is -3.60. The zero-order chi connectivity index (χ0) is 19.6. The molecule has 5 nitrogen and oxygen atoms in total. The van der Waals surface area contributed by atoms with Gasteiger partial charge in [-0.15, -0.1) is 0 Å². The number of carbonyl (C=O) groups is 2. The molecule has 0 bridgehead atoms. The smallest absolute Gasteiger partial charge is 0.249 e. The van der Waals surface area contributed by atoms with Crippen molar-refractivity contribution in [2.45, 2.75) is 18.9 Å². The number of hydrogen-bond acceptors (Lipinski definition) is 4. The van der Waals surface area contributed by atoms with Crippen molar-refractivity contribution >= 4 is 17.4 Å². The number of hydrogen-bond donors (Lipinski definition) is 1. The molecule has 140 valence electrons. The maximum Gasteiger partial charge on any atom is 0.249 e. The van der Waals surface area contributed by atoms with Crippen molar-refractivity contribution in [3.05, 3.63) is 90.5 Å². The molecule has 0 saturated carbocycles. The number of ketones is 1. The summed E-state index contributed by atoms with van der Waals surface area (Å²) in [4.78, 5) is 25.3. The van der Waals surface area contributed by atoms with Crippen LogP contribution in [0.1, 0.15) is 18.9 Å². The van der Waals surface area contributed by atoms with Crippen LogP contribution in [0.2, 0.25) is 0 Å². The van der Waals surface area contributed by atoms with E-state index in [0.29, 0.717) is 5.75 Å². The Morgan fingerprint density at radius 2 is 1.39 bits per heavy atom. The number of anilines is 1. The van der Waals surface area contributed by atoms with Crippen LogP contribution < -0.4 is 10.2 Å². The predicted octanol–water partition coefficient (Wildman–Crippen LogP) is 4.52. The third-order valence-electron chi connectivity index (χ3n) is 4.96. The van der Waals surface area contributed by atoms with E-state index in [4.69, 9.17) is 4.74 Å². The van der Waals surface area contributed by atoms with Crippen molar-refractivity contribution in [1.29, 1.82) is 0 Å². The minimum Gasteiger partial charge on any atom is -0.457 e. The van der Waals surface area contributed by atoms with Gasteiger partial charge in [0.1, 0.15) is 17.0 Å². The summed E-state index contributed by atoms with van der Waals surface area (Å²) in [6, 6.07) is 26.1. The maximum absolute atomic E-state index is 12.7. The van der Waals surface area contributed by atoms with Crippen molar-refractivity contribution in [2.24, 2.45) is 0 Å². The van der Waals surface area contributed by atoms with Crippen molar-refractivity contribution in [1.82, 2.24) is 5.01 Å². The van der Waals surface area contributed by atoms with Crippen LogP contribution in [0, 0.1) is 0 Å². The van der Waals surface area contributed by atoms with Gasteiger partial charge < -0.3 is 4.74 Å². The number of amides is 1. The number of ether oxygens (including phenoxy) is 1. The van der Waals surface area contributed by atoms with E-state index in [2.05, 4.69) is 5.43 Å². The van der Waals surface area contributed by atoms with Crippen LogP contribution in [0.5, 0.6) is 11.5 Å². The van der Waals surface area contributed by atoms with Gasteiger partial charge in [-0.1, -0.05) is 48.5 Å². The first-order valence-corrected chi connectivity index (χ1v) is 9.09. The minimum atomic E-state index is -1.09. The second-order valence-electron chi connectivity index (χ2n) is 6.82. The fourth-order valence-electron chi connectivity index (χ4n) is 3.34. The van der Waals surface area contributed by atoms with Crippen molar-refractivity contribution in [3.8, 4) is 11.5 Å². The second kappa shape index (κ2) is 7.19. The van der Waals surface area contributed by atoms with E-state index >= 15 is 0 Å². The number of rotatable bonds is 5. The summed E-state index contributed by atoms with van der Waals surface area (Å²) in [5.74, 6) is 1.01. The summed E-state index contributed by atoms with van der Waals surface area (Å²) >= 11 is 0. The Labute approximate surface area is 163 Å². The molecule has 5 heteroatoms. The Balaban J connectivity index is 1.61. The van der Waals surface area contributed by atoms with Crippen LogP contribution in [0.25, 0.3) is 0 Å². The monoisotopic (exact) mass is 372 g/mol. The average molecular weight is 372 g/mol. The molecule has 1 heterocycles. The quantitative estimate of drug-likeness (QED) is 0.669. The van der Waals surface area contributed by atoms with Crippen LogP contribution in [0.4, 0.5) is 5.69 Å². The Morgan fingerprint density at radius 1 is 0.821 bits per heavy atom. The fourth-order valence-corrected chi connectivity index (χ4v) is 3.34. The van der Waals surface area contributed by atoms with Crippen LogP contribution in [-0.4, -0.2) is 16.7 Å². The standard InChI is InChI=1S/C23H20N2O3/c1-23(17-12-14-20(15-13-17)28-19-10-6-3-7-11-19)21(26)16-22(27)25(23)24-18-8-4-2-5-9-18/h2-15,24H,16H2,1H3. The number of Topliss-reactive ketones (excluding diaryl/α,β-unsaturated/α-hetero) is 1. The minimum absolute atomic E-state index is 0.126.